The van der Waals surface area contributed by atoms with Gasteiger partial charge in [0, 0.05) is 110 Å². The van der Waals surface area contributed by atoms with E-state index in [1.54, 1.807) is 23.9 Å². The molecule has 64 heavy (non-hydrogen) atoms. The molecule has 2 N–H and O–H groups in total. The van der Waals surface area contributed by atoms with E-state index >= 15 is 0 Å². The SMILES string of the molecule is CC(C)N1CCN(CC[C@H](CSc2ccccc2)Nc2ccc(S(=O)(=O)NC(=O)c3ccc4c(c3)CC[C@@H]3CN(Cc5ccccc5-c5ccc(Cl)cc5)CCN43)cc2[N+](=O)[O-])CC1. The lowest BCUT2D eigenvalue weighted by Crippen LogP contribution is -2.54. The van der Waals surface area contributed by atoms with Crippen molar-refractivity contribution in [1.82, 2.24) is 19.4 Å². The van der Waals surface area contributed by atoms with Crippen LogP contribution < -0.4 is 14.9 Å². The van der Waals surface area contributed by atoms with Gasteiger partial charge in [0.1, 0.15) is 5.69 Å². The Kier molecular flexibility index (Phi) is 14.6. The summed E-state index contributed by atoms with van der Waals surface area (Å²) in [5, 5.41) is 16.6. The van der Waals surface area contributed by atoms with E-state index in [9.17, 15) is 23.3 Å². The highest BCUT2D eigenvalue weighted by Gasteiger charge is 2.33. The number of carbonyl (C=O) groups is 1. The van der Waals surface area contributed by atoms with E-state index in [-0.39, 0.29) is 27.9 Å². The lowest BCUT2D eigenvalue weighted by Gasteiger charge is -2.46. The summed E-state index contributed by atoms with van der Waals surface area (Å²) in [7, 11) is -4.45. The van der Waals surface area contributed by atoms with Gasteiger partial charge >= 0.3 is 0 Å². The van der Waals surface area contributed by atoms with Gasteiger partial charge in [-0.2, -0.15) is 0 Å². The number of nitro benzene ring substituents is 1. The van der Waals surface area contributed by atoms with Crippen molar-refractivity contribution in [3.63, 3.8) is 0 Å². The molecule has 3 aliphatic rings. The molecule has 0 aromatic heterocycles. The number of nitro groups is 1. The number of anilines is 2. The second kappa shape index (κ2) is 20.5. The number of nitrogens with one attached hydrogen (secondary N) is 2. The summed E-state index contributed by atoms with van der Waals surface area (Å²) < 4.78 is 29.5. The van der Waals surface area contributed by atoms with Gasteiger partial charge in [-0.3, -0.25) is 24.7 Å². The highest BCUT2D eigenvalue weighted by molar-refractivity contribution is 7.99. The number of aryl methyl sites for hydroxylation is 1. The van der Waals surface area contributed by atoms with Crippen molar-refractivity contribution < 1.29 is 18.1 Å². The first-order valence-corrected chi connectivity index (χ1v) is 25.0. The molecule has 5 aromatic carbocycles. The maximum Gasteiger partial charge on any atom is 0.293 e. The van der Waals surface area contributed by atoms with Gasteiger partial charge in [-0.05, 0) is 110 Å². The largest absolute Gasteiger partial charge is 0.376 e. The van der Waals surface area contributed by atoms with Gasteiger partial charge in [-0.25, -0.2) is 13.1 Å². The van der Waals surface area contributed by atoms with Crippen molar-refractivity contribution >= 4 is 56.4 Å². The topological polar surface area (TPSA) is 131 Å². The Morgan fingerprint density at radius 3 is 2.36 bits per heavy atom. The normalized spacial score (nSPS) is 17.7. The molecule has 0 saturated carbocycles. The number of fused-ring (bicyclic) bond motifs is 3. The van der Waals surface area contributed by atoms with E-state index in [1.807, 2.05) is 48.5 Å². The second-order valence-electron chi connectivity index (χ2n) is 17.2. The Bertz CT molecular complexity index is 2540. The van der Waals surface area contributed by atoms with Crippen molar-refractivity contribution in [3.8, 4) is 11.1 Å². The first-order chi connectivity index (χ1) is 30.9. The summed E-state index contributed by atoms with van der Waals surface area (Å²) >= 11 is 7.84. The Balaban J connectivity index is 0.908. The van der Waals surface area contributed by atoms with Crippen LogP contribution in [0.5, 0.6) is 0 Å². The number of nitrogens with zero attached hydrogens (tertiary/aromatic N) is 5. The second-order valence-corrected chi connectivity index (χ2v) is 20.4. The maximum atomic E-state index is 13.7. The van der Waals surface area contributed by atoms with Crippen LogP contribution >= 0.6 is 23.4 Å². The van der Waals surface area contributed by atoms with E-state index in [2.05, 4.69) is 79.9 Å². The lowest BCUT2D eigenvalue weighted by atomic mass is 9.92. The number of halogens is 1. The Morgan fingerprint density at radius 2 is 1.61 bits per heavy atom. The van der Waals surface area contributed by atoms with Gasteiger partial charge in [0.2, 0.25) is 0 Å². The molecule has 5 aromatic rings. The van der Waals surface area contributed by atoms with Gasteiger partial charge < -0.3 is 15.1 Å². The molecule has 2 fully saturated rings. The lowest BCUT2D eigenvalue weighted by molar-refractivity contribution is -0.384. The van der Waals surface area contributed by atoms with Gasteiger partial charge in [0.25, 0.3) is 21.6 Å². The van der Waals surface area contributed by atoms with Crippen LogP contribution in [-0.2, 0) is 23.0 Å². The first kappa shape index (κ1) is 45.6. The molecule has 2 saturated heterocycles. The van der Waals surface area contributed by atoms with Crippen LogP contribution in [0.2, 0.25) is 5.02 Å². The molecule has 0 bridgehead atoms. The highest BCUT2D eigenvalue weighted by Crippen LogP contribution is 2.35. The van der Waals surface area contributed by atoms with E-state index < -0.39 is 20.9 Å². The number of benzene rings is 5. The number of thioether (sulfide) groups is 1. The fourth-order valence-corrected chi connectivity index (χ4v) is 11.2. The minimum Gasteiger partial charge on any atom is -0.376 e. The summed E-state index contributed by atoms with van der Waals surface area (Å²) in [5.74, 6) is -0.131. The number of hydrogen-bond donors (Lipinski definition) is 2. The summed E-state index contributed by atoms with van der Waals surface area (Å²) in [6.07, 6.45) is 2.39. The first-order valence-electron chi connectivity index (χ1n) is 22.1. The van der Waals surface area contributed by atoms with Crippen LogP contribution in [0.3, 0.4) is 0 Å². The predicted molar refractivity (Wildman–Crippen MR) is 258 cm³/mol. The van der Waals surface area contributed by atoms with Gasteiger partial charge in [-0.15, -0.1) is 11.8 Å². The number of carbonyl (C=O) groups excluding carboxylic acids is 1. The molecule has 15 heteroatoms. The summed E-state index contributed by atoms with van der Waals surface area (Å²) in [5.41, 5.74) is 5.74. The van der Waals surface area contributed by atoms with E-state index in [4.69, 9.17) is 11.6 Å². The maximum absolute atomic E-state index is 13.7. The molecule has 0 unspecified atom stereocenters. The molecule has 1 amide bonds. The minimum absolute atomic E-state index is 0.138. The third kappa shape index (κ3) is 11.1. The zero-order valence-electron chi connectivity index (χ0n) is 36.4. The molecule has 8 rings (SSSR count). The molecular weight excluding hydrogens is 866 g/mol. The summed E-state index contributed by atoms with van der Waals surface area (Å²) in [6, 6.07) is 36.3. The van der Waals surface area contributed by atoms with Crippen molar-refractivity contribution in [2.45, 2.75) is 67.6 Å². The number of amides is 1. The van der Waals surface area contributed by atoms with Crippen LogP contribution in [0, 0.1) is 10.1 Å². The van der Waals surface area contributed by atoms with Crippen LogP contribution in [0.4, 0.5) is 17.1 Å². The molecule has 3 heterocycles. The predicted octanol–water partition coefficient (Wildman–Crippen LogP) is 8.66. The smallest absolute Gasteiger partial charge is 0.293 e. The van der Waals surface area contributed by atoms with Crippen molar-refractivity contribution in [3.05, 3.63) is 147 Å². The van der Waals surface area contributed by atoms with E-state index in [1.165, 1.54) is 23.3 Å². The average Bonchev–Trinajstić information content (AvgIpc) is 3.30. The Hall–Kier alpha value is -4.96. The molecule has 0 spiro atoms. The van der Waals surface area contributed by atoms with Gasteiger partial charge in [-0.1, -0.05) is 66.2 Å². The van der Waals surface area contributed by atoms with Crippen molar-refractivity contribution in [2.24, 2.45) is 0 Å². The zero-order chi connectivity index (χ0) is 44.8. The Labute approximate surface area is 386 Å². The quantitative estimate of drug-likeness (QED) is 0.0560. The van der Waals surface area contributed by atoms with Crippen LogP contribution in [-0.4, -0.2) is 110 Å². The molecule has 0 aliphatic carbocycles. The van der Waals surface area contributed by atoms with Crippen LogP contribution in [0.1, 0.15) is 48.2 Å². The number of rotatable bonds is 16. The zero-order valence-corrected chi connectivity index (χ0v) is 38.8. The fraction of sp³-hybridized carbons (Fsp3) is 0.367. The average molecular weight is 923 g/mol. The molecule has 3 aliphatic heterocycles. The summed E-state index contributed by atoms with van der Waals surface area (Å²) in [4.78, 5) is 36.0. The number of sulfonamides is 1. The highest BCUT2D eigenvalue weighted by atomic mass is 35.5. The van der Waals surface area contributed by atoms with Crippen LogP contribution in [0.15, 0.2) is 125 Å². The molecule has 336 valence electrons. The van der Waals surface area contributed by atoms with Crippen molar-refractivity contribution in [2.75, 3.05) is 68.3 Å². The summed E-state index contributed by atoms with van der Waals surface area (Å²) in [6.45, 7) is 12.6. The Morgan fingerprint density at radius 1 is 0.875 bits per heavy atom. The van der Waals surface area contributed by atoms with Crippen molar-refractivity contribution in [1.29, 1.82) is 0 Å². The van der Waals surface area contributed by atoms with E-state index in [0.717, 1.165) is 106 Å². The van der Waals surface area contributed by atoms with E-state index in [0.29, 0.717) is 22.9 Å². The minimum atomic E-state index is -4.45. The van der Waals surface area contributed by atoms with Crippen LogP contribution in [0.25, 0.3) is 11.1 Å². The fourth-order valence-electron chi connectivity index (χ4n) is 9.13. The molecule has 12 nitrogen and oxygen atoms in total. The third-order valence-electron chi connectivity index (χ3n) is 12.7. The monoisotopic (exact) mass is 921 g/mol. The molecule has 0 radical (unpaired) electrons. The molecular formula is C49H56ClN7O5S2. The molecule has 2 atom stereocenters. The number of piperazine rings is 2. The standard InChI is InChI=1S/C49H56ClN7O5S2/c1-35(2)55-27-24-53(25-28-55)23-22-41(34-63-43-9-4-3-5-10-43)51-46-20-19-44(31-48(46)57(59)60)64(61,62)52-49(58)38-15-21-47-37(30-38)14-18-42-33-54(26-29-56(42)47)32-39-8-6-7-11-45(39)36-12-16-40(50)17-13-36/h3-13,15-17,19-21,30-31,35,41-42,51H,14,18,22-29,32-34H2,1-2H3,(H,52,58)/t41-,42-/m1/s1. The third-order valence-corrected chi connectivity index (χ3v) is 15.5. The van der Waals surface area contributed by atoms with Gasteiger partial charge in [0.15, 0.2) is 0 Å². The number of hydrogen-bond acceptors (Lipinski definition) is 11. The van der Waals surface area contributed by atoms with Gasteiger partial charge in [0.05, 0.1) is 9.82 Å².